The second-order valence-electron chi connectivity index (χ2n) is 6.61. The third kappa shape index (κ3) is 4.29. The molecule has 0 bridgehead atoms. The van der Waals surface area contributed by atoms with Gasteiger partial charge in [-0.2, -0.15) is 0 Å². The molecule has 1 saturated heterocycles. The molecule has 0 aliphatic carbocycles. The van der Waals surface area contributed by atoms with E-state index in [1.54, 1.807) is 0 Å². The van der Waals surface area contributed by atoms with Crippen molar-refractivity contribution < 1.29 is 4.74 Å². The van der Waals surface area contributed by atoms with Gasteiger partial charge in [0.05, 0.1) is 13.2 Å². The van der Waals surface area contributed by atoms with Gasteiger partial charge in [0, 0.05) is 24.7 Å². The Bertz CT molecular complexity index is 445. The second kappa shape index (κ2) is 7.39. The third-order valence-electron chi connectivity index (χ3n) is 4.52. The van der Waals surface area contributed by atoms with Crippen LogP contribution in [-0.2, 0) is 4.74 Å². The van der Waals surface area contributed by atoms with Crippen LogP contribution in [0.5, 0.6) is 0 Å². The first-order chi connectivity index (χ1) is 10.0. The molecular formula is C18H30N2O. The SMILES string of the molecule is CCNC(CCN1CCOCC1(C)C)c1ccccc1C. The van der Waals surface area contributed by atoms with E-state index in [9.17, 15) is 0 Å². The summed E-state index contributed by atoms with van der Waals surface area (Å²) in [6.07, 6.45) is 1.14. The smallest absolute Gasteiger partial charge is 0.0645 e. The minimum atomic E-state index is 0.154. The fraction of sp³-hybridized carbons (Fsp3) is 0.667. The third-order valence-corrected chi connectivity index (χ3v) is 4.52. The van der Waals surface area contributed by atoms with Gasteiger partial charge in [-0.15, -0.1) is 0 Å². The standard InChI is InChI=1S/C18H30N2O/c1-5-19-17(16-9-7-6-8-15(16)2)10-11-20-12-13-21-14-18(20,3)4/h6-9,17,19H,5,10-14H2,1-4H3. The summed E-state index contributed by atoms with van der Waals surface area (Å²) in [7, 11) is 0. The second-order valence-corrected chi connectivity index (χ2v) is 6.61. The number of nitrogens with zero attached hydrogens (tertiary/aromatic N) is 1. The van der Waals surface area contributed by atoms with Crippen molar-refractivity contribution in [3.05, 3.63) is 35.4 Å². The topological polar surface area (TPSA) is 24.5 Å². The molecule has 1 aromatic carbocycles. The van der Waals surface area contributed by atoms with Crippen LogP contribution in [0.3, 0.4) is 0 Å². The average molecular weight is 290 g/mol. The summed E-state index contributed by atoms with van der Waals surface area (Å²) in [6.45, 7) is 13.8. The van der Waals surface area contributed by atoms with E-state index in [0.717, 1.165) is 39.3 Å². The predicted molar refractivity (Wildman–Crippen MR) is 88.7 cm³/mol. The first kappa shape index (κ1) is 16.5. The molecule has 118 valence electrons. The van der Waals surface area contributed by atoms with Gasteiger partial charge in [0.1, 0.15) is 0 Å². The van der Waals surface area contributed by atoms with Crippen LogP contribution in [0.25, 0.3) is 0 Å². The molecule has 1 atom stereocenters. The van der Waals surface area contributed by atoms with Gasteiger partial charge in [-0.05, 0) is 44.9 Å². The molecule has 0 spiro atoms. The predicted octanol–water partition coefficient (Wildman–Crippen LogP) is 3.15. The molecule has 1 unspecified atom stereocenters. The van der Waals surface area contributed by atoms with Crippen molar-refractivity contribution >= 4 is 0 Å². The summed E-state index contributed by atoms with van der Waals surface area (Å²) < 4.78 is 5.62. The Labute approximate surface area is 129 Å². The van der Waals surface area contributed by atoms with Crippen LogP contribution in [-0.4, -0.2) is 43.3 Å². The minimum Gasteiger partial charge on any atom is -0.378 e. The number of morpholine rings is 1. The van der Waals surface area contributed by atoms with Crippen molar-refractivity contribution in [3.8, 4) is 0 Å². The van der Waals surface area contributed by atoms with Crippen LogP contribution in [0.1, 0.15) is 44.4 Å². The lowest BCUT2D eigenvalue weighted by Gasteiger charge is -2.42. The highest BCUT2D eigenvalue weighted by atomic mass is 16.5. The number of benzene rings is 1. The van der Waals surface area contributed by atoms with Crippen molar-refractivity contribution in [3.63, 3.8) is 0 Å². The van der Waals surface area contributed by atoms with E-state index in [0.29, 0.717) is 6.04 Å². The van der Waals surface area contributed by atoms with E-state index >= 15 is 0 Å². The van der Waals surface area contributed by atoms with Crippen LogP contribution in [0.15, 0.2) is 24.3 Å². The Morgan fingerprint density at radius 3 is 2.76 bits per heavy atom. The van der Waals surface area contributed by atoms with Crippen molar-refractivity contribution in [2.45, 2.75) is 45.7 Å². The molecule has 1 aliphatic rings. The Hall–Kier alpha value is -0.900. The lowest BCUT2D eigenvalue weighted by atomic mass is 9.96. The van der Waals surface area contributed by atoms with Gasteiger partial charge in [0.15, 0.2) is 0 Å². The van der Waals surface area contributed by atoms with Crippen LogP contribution >= 0.6 is 0 Å². The molecule has 1 heterocycles. The monoisotopic (exact) mass is 290 g/mol. The zero-order valence-electron chi connectivity index (χ0n) is 14.0. The molecule has 1 aliphatic heterocycles. The van der Waals surface area contributed by atoms with Gasteiger partial charge >= 0.3 is 0 Å². The summed E-state index contributed by atoms with van der Waals surface area (Å²) >= 11 is 0. The quantitative estimate of drug-likeness (QED) is 0.871. The van der Waals surface area contributed by atoms with E-state index in [1.165, 1.54) is 11.1 Å². The number of nitrogens with one attached hydrogen (secondary N) is 1. The fourth-order valence-corrected chi connectivity index (χ4v) is 3.18. The fourth-order valence-electron chi connectivity index (χ4n) is 3.18. The minimum absolute atomic E-state index is 0.154. The zero-order chi connectivity index (χ0) is 15.3. The Morgan fingerprint density at radius 1 is 1.33 bits per heavy atom. The number of rotatable bonds is 6. The summed E-state index contributed by atoms with van der Waals surface area (Å²) in [5.41, 5.74) is 2.97. The molecule has 2 rings (SSSR count). The highest BCUT2D eigenvalue weighted by molar-refractivity contribution is 5.28. The van der Waals surface area contributed by atoms with Gasteiger partial charge in [-0.25, -0.2) is 0 Å². The van der Waals surface area contributed by atoms with Crippen LogP contribution in [0, 0.1) is 6.92 Å². The first-order valence-corrected chi connectivity index (χ1v) is 8.16. The zero-order valence-corrected chi connectivity index (χ0v) is 14.0. The lowest BCUT2D eigenvalue weighted by molar-refractivity contribution is -0.0521. The van der Waals surface area contributed by atoms with Gasteiger partial charge in [0.2, 0.25) is 0 Å². The molecule has 0 aromatic heterocycles. The molecule has 0 saturated carbocycles. The number of ether oxygens (including phenoxy) is 1. The average Bonchev–Trinajstić information content (AvgIpc) is 2.45. The van der Waals surface area contributed by atoms with E-state index < -0.39 is 0 Å². The molecule has 21 heavy (non-hydrogen) atoms. The maximum absolute atomic E-state index is 5.62. The molecule has 0 radical (unpaired) electrons. The molecule has 0 amide bonds. The molecule has 1 fully saturated rings. The van der Waals surface area contributed by atoms with Gasteiger partial charge in [-0.3, -0.25) is 4.90 Å². The van der Waals surface area contributed by atoms with Crippen LogP contribution < -0.4 is 5.32 Å². The van der Waals surface area contributed by atoms with Gasteiger partial charge < -0.3 is 10.1 Å². The highest BCUT2D eigenvalue weighted by Gasteiger charge is 2.30. The molecule has 3 nitrogen and oxygen atoms in total. The molecule has 3 heteroatoms. The largest absolute Gasteiger partial charge is 0.378 e. The number of aryl methyl sites for hydroxylation is 1. The summed E-state index contributed by atoms with van der Waals surface area (Å²) in [5, 5.41) is 3.65. The van der Waals surface area contributed by atoms with Crippen LogP contribution in [0.4, 0.5) is 0 Å². The number of hydrogen-bond acceptors (Lipinski definition) is 3. The normalized spacial score (nSPS) is 20.4. The highest BCUT2D eigenvalue weighted by Crippen LogP contribution is 2.24. The number of hydrogen-bond donors (Lipinski definition) is 1. The van der Waals surface area contributed by atoms with E-state index in [-0.39, 0.29) is 5.54 Å². The van der Waals surface area contributed by atoms with Crippen molar-refractivity contribution in [2.75, 3.05) is 32.8 Å². The summed E-state index contributed by atoms with van der Waals surface area (Å²) in [5.74, 6) is 0. The maximum Gasteiger partial charge on any atom is 0.0645 e. The summed E-state index contributed by atoms with van der Waals surface area (Å²) in [4.78, 5) is 2.57. The molecular weight excluding hydrogens is 260 g/mol. The maximum atomic E-state index is 5.62. The Balaban J connectivity index is 2.02. The Kier molecular flexibility index (Phi) is 5.80. The van der Waals surface area contributed by atoms with Crippen molar-refractivity contribution in [2.24, 2.45) is 0 Å². The van der Waals surface area contributed by atoms with Gasteiger partial charge in [0.25, 0.3) is 0 Å². The van der Waals surface area contributed by atoms with Gasteiger partial charge in [-0.1, -0.05) is 31.2 Å². The summed E-state index contributed by atoms with van der Waals surface area (Å²) in [6, 6.07) is 9.17. The molecule has 1 aromatic rings. The molecule has 1 N–H and O–H groups in total. The van der Waals surface area contributed by atoms with Crippen molar-refractivity contribution in [1.29, 1.82) is 0 Å². The van der Waals surface area contributed by atoms with E-state index in [4.69, 9.17) is 4.74 Å². The van der Waals surface area contributed by atoms with Crippen molar-refractivity contribution in [1.82, 2.24) is 10.2 Å². The first-order valence-electron chi connectivity index (χ1n) is 8.16. The van der Waals surface area contributed by atoms with E-state index in [1.807, 2.05) is 0 Å². The van der Waals surface area contributed by atoms with E-state index in [2.05, 4.69) is 62.2 Å². The van der Waals surface area contributed by atoms with Crippen LogP contribution in [0.2, 0.25) is 0 Å². The Morgan fingerprint density at radius 2 is 2.10 bits per heavy atom. The lowest BCUT2D eigenvalue weighted by Crippen LogP contribution is -2.53.